The van der Waals surface area contributed by atoms with E-state index in [1.54, 1.807) is 24.3 Å². The van der Waals surface area contributed by atoms with E-state index in [4.69, 9.17) is 14.2 Å². The fraction of sp³-hybridized carbons (Fsp3) is 0.391. The van der Waals surface area contributed by atoms with E-state index in [1.165, 1.54) is 28.6 Å². The molecule has 1 aliphatic rings. The number of sulfonamides is 1. The summed E-state index contributed by atoms with van der Waals surface area (Å²) in [5.41, 5.74) is 0.924. The fourth-order valence-corrected chi connectivity index (χ4v) is 4.48. The standard InChI is InChI=1S/C23H28N2O7S/c1-2-3-14-31-23(27)18-4-6-19(7-5-18)24-22(26)17-32-20-8-10-21(11-9-20)33(28,29)25-12-15-30-16-13-25/h4-11H,2-3,12-17H2,1H3,(H,24,26). The summed E-state index contributed by atoms with van der Waals surface area (Å²) >= 11 is 0. The van der Waals surface area contributed by atoms with E-state index in [9.17, 15) is 18.0 Å². The maximum Gasteiger partial charge on any atom is 0.338 e. The van der Waals surface area contributed by atoms with Gasteiger partial charge in [0.25, 0.3) is 5.91 Å². The number of nitrogens with zero attached hydrogens (tertiary/aromatic N) is 1. The van der Waals surface area contributed by atoms with Gasteiger partial charge in [0.05, 0.1) is 30.3 Å². The zero-order chi connectivity index (χ0) is 23.7. The van der Waals surface area contributed by atoms with Crippen molar-refractivity contribution in [2.75, 3.05) is 44.8 Å². The lowest BCUT2D eigenvalue weighted by Crippen LogP contribution is -2.40. The monoisotopic (exact) mass is 476 g/mol. The summed E-state index contributed by atoms with van der Waals surface area (Å²) in [5, 5.41) is 2.68. The predicted molar refractivity (Wildman–Crippen MR) is 122 cm³/mol. The molecule has 33 heavy (non-hydrogen) atoms. The zero-order valence-corrected chi connectivity index (χ0v) is 19.3. The van der Waals surface area contributed by atoms with Gasteiger partial charge >= 0.3 is 5.97 Å². The van der Waals surface area contributed by atoms with Crippen molar-refractivity contribution in [3.8, 4) is 5.75 Å². The van der Waals surface area contributed by atoms with Crippen molar-refractivity contribution in [1.82, 2.24) is 4.31 Å². The van der Waals surface area contributed by atoms with Crippen molar-refractivity contribution >= 4 is 27.6 Å². The zero-order valence-electron chi connectivity index (χ0n) is 18.5. The number of unbranched alkanes of at least 4 members (excludes halogenated alkanes) is 1. The number of ether oxygens (including phenoxy) is 3. The number of anilines is 1. The maximum atomic E-state index is 12.6. The molecule has 178 valence electrons. The average molecular weight is 477 g/mol. The SMILES string of the molecule is CCCCOC(=O)c1ccc(NC(=O)COc2ccc(S(=O)(=O)N3CCOCC3)cc2)cc1. The molecular formula is C23H28N2O7S. The van der Waals surface area contributed by atoms with Gasteiger partial charge in [-0.2, -0.15) is 4.31 Å². The van der Waals surface area contributed by atoms with Gasteiger partial charge in [0.1, 0.15) is 5.75 Å². The minimum absolute atomic E-state index is 0.162. The highest BCUT2D eigenvalue weighted by atomic mass is 32.2. The van der Waals surface area contributed by atoms with E-state index in [0.717, 1.165) is 12.8 Å². The first-order valence-corrected chi connectivity index (χ1v) is 12.2. The molecule has 1 saturated heterocycles. The lowest BCUT2D eigenvalue weighted by Gasteiger charge is -2.26. The largest absolute Gasteiger partial charge is 0.484 e. The van der Waals surface area contributed by atoms with Crippen LogP contribution in [0.15, 0.2) is 53.4 Å². The van der Waals surface area contributed by atoms with E-state index in [1.807, 2.05) is 6.92 Å². The molecule has 2 aromatic carbocycles. The summed E-state index contributed by atoms with van der Waals surface area (Å²) in [6.07, 6.45) is 1.75. The van der Waals surface area contributed by atoms with Crippen LogP contribution < -0.4 is 10.1 Å². The summed E-state index contributed by atoms with van der Waals surface area (Å²) in [6, 6.07) is 12.3. The number of amides is 1. The van der Waals surface area contributed by atoms with Crippen molar-refractivity contribution in [1.29, 1.82) is 0 Å². The second-order valence-electron chi connectivity index (χ2n) is 7.39. The van der Waals surface area contributed by atoms with Crippen LogP contribution in [0.1, 0.15) is 30.1 Å². The molecule has 9 nitrogen and oxygen atoms in total. The van der Waals surface area contributed by atoms with Crippen molar-refractivity contribution in [3.63, 3.8) is 0 Å². The Bertz CT molecular complexity index is 1030. The van der Waals surface area contributed by atoms with Gasteiger partial charge in [-0.15, -0.1) is 0 Å². The van der Waals surface area contributed by atoms with Crippen LogP contribution in [0.4, 0.5) is 5.69 Å². The number of nitrogens with one attached hydrogen (secondary N) is 1. The number of hydrogen-bond acceptors (Lipinski definition) is 7. The first-order chi connectivity index (χ1) is 15.9. The molecule has 0 bridgehead atoms. The molecule has 1 aliphatic heterocycles. The van der Waals surface area contributed by atoms with Gasteiger partial charge in [0.15, 0.2) is 6.61 Å². The van der Waals surface area contributed by atoms with Gasteiger partial charge in [-0.25, -0.2) is 13.2 Å². The van der Waals surface area contributed by atoms with Crippen molar-refractivity contribution in [2.24, 2.45) is 0 Å². The molecule has 0 aromatic heterocycles. The summed E-state index contributed by atoms with van der Waals surface area (Å²) in [7, 11) is -3.58. The Morgan fingerprint density at radius 3 is 2.33 bits per heavy atom. The molecule has 1 N–H and O–H groups in total. The molecular weight excluding hydrogens is 448 g/mol. The van der Waals surface area contributed by atoms with Crippen LogP contribution in [-0.4, -0.2) is 64.1 Å². The van der Waals surface area contributed by atoms with Crippen LogP contribution in [0.3, 0.4) is 0 Å². The topological polar surface area (TPSA) is 111 Å². The normalized spacial score (nSPS) is 14.5. The van der Waals surface area contributed by atoms with E-state index in [2.05, 4.69) is 5.32 Å². The van der Waals surface area contributed by atoms with Gasteiger partial charge < -0.3 is 19.5 Å². The highest BCUT2D eigenvalue weighted by molar-refractivity contribution is 7.89. The molecule has 2 aromatic rings. The Morgan fingerprint density at radius 2 is 1.70 bits per heavy atom. The number of morpholine rings is 1. The molecule has 1 heterocycles. The number of benzene rings is 2. The predicted octanol–water partition coefficient (Wildman–Crippen LogP) is 2.68. The number of esters is 1. The summed E-state index contributed by atoms with van der Waals surface area (Å²) in [5.74, 6) is -0.418. The molecule has 3 rings (SSSR count). The lowest BCUT2D eigenvalue weighted by atomic mass is 10.2. The average Bonchev–Trinajstić information content (AvgIpc) is 2.84. The third-order valence-corrected chi connectivity index (χ3v) is 6.85. The quantitative estimate of drug-likeness (QED) is 0.415. The van der Waals surface area contributed by atoms with Crippen molar-refractivity contribution in [3.05, 3.63) is 54.1 Å². The Balaban J connectivity index is 1.48. The molecule has 10 heteroatoms. The molecule has 1 fully saturated rings. The second kappa shape index (κ2) is 11.8. The molecule has 0 unspecified atom stereocenters. The molecule has 0 atom stereocenters. The number of carbonyl (C=O) groups is 2. The minimum atomic E-state index is -3.58. The molecule has 0 saturated carbocycles. The van der Waals surface area contributed by atoms with E-state index in [-0.39, 0.29) is 11.5 Å². The fourth-order valence-electron chi connectivity index (χ4n) is 3.07. The lowest BCUT2D eigenvalue weighted by molar-refractivity contribution is -0.118. The summed E-state index contributed by atoms with van der Waals surface area (Å²) in [6.45, 7) is 3.54. The number of rotatable bonds is 10. The van der Waals surface area contributed by atoms with E-state index >= 15 is 0 Å². The molecule has 1 amide bonds. The number of carbonyl (C=O) groups excluding carboxylic acids is 2. The van der Waals surface area contributed by atoms with Crippen LogP contribution in [0.2, 0.25) is 0 Å². The van der Waals surface area contributed by atoms with Crippen LogP contribution in [0.25, 0.3) is 0 Å². The Hall–Kier alpha value is -2.95. The van der Waals surface area contributed by atoms with Gasteiger partial charge in [-0.1, -0.05) is 13.3 Å². The third kappa shape index (κ3) is 7.01. The summed E-state index contributed by atoms with van der Waals surface area (Å²) < 4.78 is 42.5. The first-order valence-electron chi connectivity index (χ1n) is 10.8. The highest BCUT2D eigenvalue weighted by Gasteiger charge is 2.26. The molecule has 0 aliphatic carbocycles. The third-order valence-electron chi connectivity index (χ3n) is 4.94. The van der Waals surface area contributed by atoms with Crippen LogP contribution in [0.5, 0.6) is 5.75 Å². The Labute approximate surface area is 193 Å². The van der Waals surface area contributed by atoms with Crippen LogP contribution in [-0.2, 0) is 24.3 Å². The summed E-state index contributed by atoms with van der Waals surface area (Å²) in [4.78, 5) is 24.2. The van der Waals surface area contributed by atoms with Crippen LogP contribution >= 0.6 is 0 Å². The first kappa shape index (κ1) is 24.7. The molecule has 0 spiro atoms. The Morgan fingerprint density at radius 1 is 1.03 bits per heavy atom. The van der Waals surface area contributed by atoms with E-state index in [0.29, 0.717) is 49.9 Å². The van der Waals surface area contributed by atoms with Gasteiger partial charge in [0.2, 0.25) is 10.0 Å². The second-order valence-corrected chi connectivity index (χ2v) is 9.33. The van der Waals surface area contributed by atoms with Crippen molar-refractivity contribution in [2.45, 2.75) is 24.7 Å². The van der Waals surface area contributed by atoms with E-state index < -0.39 is 21.9 Å². The Kier molecular flexibility index (Phi) is 8.81. The van der Waals surface area contributed by atoms with Gasteiger partial charge in [0, 0.05) is 18.8 Å². The maximum absolute atomic E-state index is 12.6. The molecule has 0 radical (unpaired) electrons. The number of hydrogen-bond donors (Lipinski definition) is 1. The van der Waals surface area contributed by atoms with Gasteiger partial charge in [-0.05, 0) is 55.0 Å². The highest BCUT2D eigenvalue weighted by Crippen LogP contribution is 2.20. The van der Waals surface area contributed by atoms with Gasteiger partial charge in [-0.3, -0.25) is 4.79 Å². The van der Waals surface area contributed by atoms with Crippen LogP contribution in [0, 0.1) is 0 Å². The van der Waals surface area contributed by atoms with Crippen molar-refractivity contribution < 1.29 is 32.2 Å². The smallest absolute Gasteiger partial charge is 0.338 e. The minimum Gasteiger partial charge on any atom is -0.484 e.